The number of hydrogen-bond acceptors (Lipinski definition) is 6. The molecule has 1 amide bonds. The Balaban J connectivity index is 1.46. The third-order valence-corrected chi connectivity index (χ3v) is 5.43. The van der Waals surface area contributed by atoms with Gasteiger partial charge in [-0.15, -0.1) is 0 Å². The van der Waals surface area contributed by atoms with Crippen molar-refractivity contribution in [1.82, 2.24) is 4.90 Å². The maximum absolute atomic E-state index is 12.7. The molecule has 25 heavy (non-hydrogen) atoms. The summed E-state index contributed by atoms with van der Waals surface area (Å²) in [4.78, 5) is 26.2. The highest BCUT2D eigenvalue weighted by Gasteiger charge is 2.59. The zero-order chi connectivity index (χ0) is 17.6. The molecule has 0 radical (unpaired) electrons. The summed E-state index contributed by atoms with van der Waals surface area (Å²) in [5, 5.41) is 10.6. The second-order valence-electron chi connectivity index (χ2n) is 6.90. The molecule has 3 aliphatic rings. The number of β-amino-alcohol motifs (C(OH)–C–C–N with tert-alkyl or cyclic N) is 1. The normalized spacial score (nSPS) is 26.2. The third-order valence-electron chi connectivity index (χ3n) is 5.43. The lowest BCUT2D eigenvalue weighted by Crippen LogP contribution is -2.50. The van der Waals surface area contributed by atoms with E-state index < -0.39 is 17.5 Å². The van der Waals surface area contributed by atoms with Gasteiger partial charge in [-0.1, -0.05) is 6.07 Å². The lowest BCUT2D eigenvalue weighted by atomic mass is 9.86. The first kappa shape index (κ1) is 16.2. The molecule has 0 unspecified atom stereocenters. The maximum atomic E-state index is 12.7. The lowest BCUT2D eigenvalue weighted by molar-refractivity contribution is -0.157. The molecule has 1 aromatic carbocycles. The van der Waals surface area contributed by atoms with Crippen molar-refractivity contribution in [2.24, 2.45) is 5.41 Å². The number of nitrogens with zero attached hydrogens (tertiary/aromatic N) is 1. The minimum absolute atomic E-state index is 0.0770. The highest BCUT2D eigenvalue weighted by Crippen LogP contribution is 2.49. The number of carbonyl (C=O) groups excluding carboxylic acids is 2. The van der Waals surface area contributed by atoms with Crippen LogP contribution in [0.15, 0.2) is 18.2 Å². The Morgan fingerprint density at radius 1 is 1.28 bits per heavy atom. The van der Waals surface area contributed by atoms with Crippen molar-refractivity contribution in [3.05, 3.63) is 23.8 Å². The van der Waals surface area contributed by atoms with Gasteiger partial charge in [0.25, 0.3) is 0 Å². The molecule has 1 saturated heterocycles. The molecule has 2 heterocycles. The quantitative estimate of drug-likeness (QED) is 0.650. The predicted octanol–water partition coefficient (Wildman–Crippen LogP) is 1.05. The van der Waals surface area contributed by atoms with Gasteiger partial charge in [-0.25, -0.2) is 0 Å². The van der Waals surface area contributed by atoms with Crippen molar-refractivity contribution in [1.29, 1.82) is 0 Å². The first-order valence-corrected chi connectivity index (χ1v) is 8.50. The summed E-state index contributed by atoms with van der Waals surface area (Å²) in [6, 6.07) is 5.67. The molecular formula is C18H21NO6. The summed E-state index contributed by atoms with van der Waals surface area (Å²) >= 11 is 0. The van der Waals surface area contributed by atoms with Crippen LogP contribution >= 0.6 is 0 Å². The van der Waals surface area contributed by atoms with E-state index in [9.17, 15) is 14.7 Å². The number of carbonyl (C=O) groups is 2. The van der Waals surface area contributed by atoms with Crippen molar-refractivity contribution in [2.45, 2.75) is 31.3 Å². The number of piperidine rings is 1. The van der Waals surface area contributed by atoms with Gasteiger partial charge in [-0.3, -0.25) is 9.59 Å². The fraction of sp³-hybridized carbons (Fsp3) is 0.556. The number of benzene rings is 1. The molecule has 1 saturated carbocycles. The molecule has 7 heteroatoms. The van der Waals surface area contributed by atoms with E-state index in [0.29, 0.717) is 37.3 Å². The van der Waals surface area contributed by atoms with Crippen LogP contribution in [0.1, 0.15) is 30.7 Å². The topological polar surface area (TPSA) is 85.3 Å². The van der Waals surface area contributed by atoms with Crippen molar-refractivity contribution in [3.63, 3.8) is 0 Å². The summed E-state index contributed by atoms with van der Waals surface area (Å²) < 4.78 is 15.5. The van der Waals surface area contributed by atoms with E-state index in [1.807, 2.05) is 18.2 Å². The summed E-state index contributed by atoms with van der Waals surface area (Å²) in [7, 11) is 1.30. The first-order valence-electron chi connectivity index (χ1n) is 8.50. The summed E-state index contributed by atoms with van der Waals surface area (Å²) in [5.74, 6) is 0.629. The largest absolute Gasteiger partial charge is 0.468 e. The van der Waals surface area contributed by atoms with Crippen LogP contribution in [0.5, 0.6) is 11.5 Å². The van der Waals surface area contributed by atoms with Gasteiger partial charge in [0.2, 0.25) is 12.7 Å². The second kappa shape index (κ2) is 5.91. The number of fused-ring (bicyclic) bond motifs is 1. The van der Waals surface area contributed by atoms with Crippen LogP contribution in [-0.4, -0.2) is 55.0 Å². The predicted molar refractivity (Wildman–Crippen MR) is 86.2 cm³/mol. The number of aliphatic hydroxyl groups is 1. The number of hydrogen-bond donors (Lipinski definition) is 1. The van der Waals surface area contributed by atoms with Crippen LogP contribution < -0.4 is 9.47 Å². The van der Waals surface area contributed by atoms with E-state index >= 15 is 0 Å². The molecule has 134 valence electrons. The lowest BCUT2D eigenvalue weighted by Gasteiger charge is -2.37. The molecule has 0 aromatic heterocycles. The monoisotopic (exact) mass is 347 g/mol. The van der Waals surface area contributed by atoms with Gasteiger partial charge in [0, 0.05) is 19.0 Å². The molecule has 4 rings (SSSR count). The van der Waals surface area contributed by atoms with E-state index in [2.05, 4.69) is 0 Å². The molecule has 2 aliphatic heterocycles. The molecule has 7 nitrogen and oxygen atoms in total. The molecule has 1 aliphatic carbocycles. The van der Waals surface area contributed by atoms with Gasteiger partial charge in [-0.05, 0) is 37.0 Å². The number of amides is 1. The molecule has 0 spiro atoms. The Morgan fingerprint density at radius 2 is 2.04 bits per heavy atom. The molecule has 2 fully saturated rings. The average molecular weight is 347 g/mol. The van der Waals surface area contributed by atoms with E-state index in [0.717, 1.165) is 5.56 Å². The molecule has 0 bridgehead atoms. The number of ether oxygens (including phenoxy) is 3. The molecule has 1 N–H and O–H groups in total. The highest BCUT2D eigenvalue weighted by atomic mass is 16.7. The van der Waals surface area contributed by atoms with Gasteiger partial charge in [0.1, 0.15) is 5.41 Å². The Morgan fingerprint density at radius 3 is 2.72 bits per heavy atom. The van der Waals surface area contributed by atoms with Gasteiger partial charge in [-0.2, -0.15) is 0 Å². The Bertz CT molecular complexity index is 714. The average Bonchev–Trinajstić information content (AvgIpc) is 3.31. The summed E-state index contributed by atoms with van der Waals surface area (Å²) in [6.07, 6.45) is 0.989. The number of esters is 1. The Labute approximate surface area is 145 Å². The smallest absolute Gasteiger partial charge is 0.321 e. The number of aliphatic hydroxyl groups excluding tert-OH is 1. The zero-order valence-corrected chi connectivity index (χ0v) is 14.1. The van der Waals surface area contributed by atoms with Crippen LogP contribution in [-0.2, 0) is 14.3 Å². The van der Waals surface area contributed by atoms with E-state index in [1.165, 1.54) is 7.11 Å². The Hall–Kier alpha value is -2.28. The Kier molecular flexibility index (Phi) is 3.83. The van der Waals surface area contributed by atoms with Crippen molar-refractivity contribution >= 4 is 11.9 Å². The van der Waals surface area contributed by atoms with Crippen molar-refractivity contribution < 1.29 is 28.9 Å². The number of rotatable bonds is 3. The number of methoxy groups -OCH3 is 1. The standard InChI is InChI=1S/C18H21NO6/c1-23-17(22)18(5-6-18)16(21)19-7-4-12(13(20)9-19)11-2-3-14-15(8-11)25-10-24-14/h2-3,8,12-13,20H,4-7,9-10H2,1H3/t12-,13+/m0/s1. The van der Waals surface area contributed by atoms with E-state index in [4.69, 9.17) is 14.2 Å². The van der Waals surface area contributed by atoms with Gasteiger partial charge in [0.05, 0.1) is 13.2 Å². The first-order chi connectivity index (χ1) is 12.0. The second-order valence-corrected chi connectivity index (χ2v) is 6.90. The van der Waals surface area contributed by atoms with Gasteiger partial charge in [0.15, 0.2) is 11.5 Å². The molecule has 1 aromatic rings. The molecule has 2 atom stereocenters. The van der Waals surface area contributed by atoms with E-state index in [1.54, 1.807) is 4.90 Å². The maximum Gasteiger partial charge on any atom is 0.321 e. The summed E-state index contributed by atoms with van der Waals surface area (Å²) in [6.45, 7) is 0.939. The van der Waals surface area contributed by atoms with Gasteiger partial charge >= 0.3 is 5.97 Å². The fourth-order valence-electron chi connectivity index (χ4n) is 3.78. The third kappa shape index (κ3) is 2.63. The highest BCUT2D eigenvalue weighted by molar-refractivity contribution is 6.05. The van der Waals surface area contributed by atoms with E-state index in [-0.39, 0.29) is 25.2 Å². The molecular weight excluding hydrogens is 326 g/mol. The van der Waals surface area contributed by atoms with Crippen LogP contribution in [0.3, 0.4) is 0 Å². The SMILES string of the molecule is COC(=O)C1(C(=O)N2CC[C@@H](c3ccc4c(c3)OCO4)[C@H](O)C2)CC1. The zero-order valence-electron chi connectivity index (χ0n) is 14.1. The fourth-order valence-corrected chi connectivity index (χ4v) is 3.78. The van der Waals surface area contributed by atoms with Crippen molar-refractivity contribution in [3.8, 4) is 11.5 Å². The minimum atomic E-state index is -1.01. The van der Waals surface area contributed by atoms with Crippen LogP contribution in [0, 0.1) is 5.41 Å². The van der Waals surface area contributed by atoms with Crippen LogP contribution in [0.2, 0.25) is 0 Å². The van der Waals surface area contributed by atoms with Crippen LogP contribution in [0.4, 0.5) is 0 Å². The van der Waals surface area contributed by atoms with Gasteiger partial charge < -0.3 is 24.2 Å². The number of likely N-dealkylation sites (tertiary alicyclic amines) is 1. The minimum Gasteiger partial charge on any atom is -0.468 e. The van der Waals surface area contributed by atoms with Crippen LogP contribution in [0.25, 0.3) is 0 Å². The summed E-state index contributed by atoms with van der Waals surface area (Å²) in [5.41, 5.74) is -0.0435. The van der Waals surface area contributed by atoms with Crippen molar-refractivity contribution in [2.75, 3.05) is 27.0 Å².